The summed E-state index contributed by atoms with van der Waals surface area (Å²) in [6, 6.07) is 17.3. The molecule has 1 N–H and O–H groups in total. The van der Waals surface area contributed by atoms with Crippen LogP contribution in [-0.2, 0) is 11.3 Å². The normalized spacial score (nSPS) is 14.0. The van der Waals surface area contributed by atoms with Crippen LogP contribution in [0.3, 0.4) is 0 Å². The van der Waals surface area contributed by atoms with Crippen LogP contribution >= 0.6 is 0 Å². The molecule has 2 aromatic carbocycles. The highest BCUT2D eigenvalue weighted by atomic mass is 16.5. The molecule has 2 heteroatoms. The summed E-state index contributed by atoms with van der Waals surface area (Å²) in [7, 11) is 0. The molecule has 3 rings (SSSR count). The first-order chi connectivity index (χ1) is 10.3. The number of benzene rings is 2. The molecule has 1 aliphatic heterocycles. The third-order valence-electron chi connectivity index (χ3n) is 3.54. The minimum atomic E-state index is 0.399. The van der Waals surface area contributed by atoms with Gasteiger partial charge < -0.3 is 10.1 Å². The van der Waals surface area contributed by atoms with Gasteiger partial charge in [-0.25, -0.2) is 0 Å². The second-order valence-electron chi connectivity index (χ2n) is 5.16. The average Bonchev–Trinajstić information content (AvgIpc) is 2.48. The summed E-state index contributed by atoms with van der Waals surface area (Å²) in [6.45, 7) is 8.81. The minimum Gasteiger partial charge on any atom is -0.371 e. The molecule has 0 spiro atoms. The molecule has 0 amide bonds. The third-order valence-corrected chi connectivity index (χ3v) is 3.54. The van der Waals surface area contributed by atoms with Crippen LogP contribution in [0, 0.1) is 6.92 Å². The zero-order valence-electron chi connectivity index (χ0n) is 13.2. The van der Waals surface area contributed by atoms with E-state index in [0.717, 1.165) is 13.1 Å². The second-order valence-corrected chi connectivity index (χ2v) is 5.16. The summed E-state index contributed by atoms with van der Waals surface area (Å²) in [6.07, 6.45) is 0.399. The van der Waals surface area contributed by atoms with Crippen LogP contribution in [0.1, 0.15) is 25.0 Å². The van der Waals surface area contributed by atoms with E-state index in [1.807, 2.05) is 13.8 Å². The van der Waals surface area contributed by atoms with Gasteiger partial charge in [0, 0.05) is 13.1 Å². The maximum absolute atomic E-state index is 5.77. The van der Waals surface area contributed by atoms with Crippen molar-refractivity contribution in [2.45, 2.75) is 33.5 Å². The van der Waals surface area contributed by atoms with Gasteiger partial charge in [-0.2, -0.15) is 0 Å². The smallest absolute Gasteiger partial charge is 0.0828 e. The number of nitrogens with one attached hydrogen (secondary N) is 1. The van der Waals surface area contributed by atoms with Gasteiger partial charge in [0.1, 0.15) is 0 Å². The first-order valence-corrected chi connectivity index (χ1v) is 7.79. The Bertz CT molecular complexity index is 544. The van der Waals surface area contributed by atoms with E-state index in [9.17, 15) is 0 Å². The SMILES string of the molecule is CC.Cc1cccc(-c2ccc(COC3CNC3)cc2)c1. The number of hydrogen-bond acceptors (Lipinski definition) is 2. The number of ether oxygens (including phenoxy) is 1. The van der Waals surface area contributed by atoms with Gasteiger partial charge in [0.25, 0.3) is 0 Å². The van der Waals surface area contributed by atoms with Crippen molar-refractivity contribution < 1.29 is 4.74 Å². The van der Waals surface area contributed by atoms with Gasteiger partial charge >= 0.3 is 0 Å². The molecule has 0 unspecified atom stereocenters. The molecular weight excluding hydrogens is 258 g/mol. The Hall–Kier alpha value is -1.64. The van der Waals surface area contributed by atoms with E-state index in [0.29, 0.717) is 12.7 Å². The fraction of sp³-hybridized carbons (Fsp3) is 0.368. The van der Waals surface area contributed by atoms with Crippen LogP contribution in [0.4, 0.5) is 0 Å². The summed E-state index contributed by atoms with van der Waals surface area (Å²) >= 11 is 0. The third kappa shape index (κ3) is 4.42. The van der Waals surface area contributed by atoms with E-state index in [1.54, 1.807) is 0 Å². The summed E-state index contributed by atoms with van der Waals surface area (Å²) in [4.78, 5) is 0. The van der Waals surface area contributed by atoms with Crippen molar-refractivity contribution in [3.63, 3.8) is 0 Å². The predicted molar refractivity (Wildman–Crippen MR) is 89.4 cm³/mol. The summed E-state index contributed by atoms with van der Waals surface area (Å²) in [5.41, 5.74) is 5.07. The van der Waals surface area contributed by atoms with Crippen LogP contribution in [-0.4, -0.2) is 19.2 Å². The van der Waals surface area contributed by atoms with E-state index in [2.05, 4.69) is 60.8 Å². The van der Waals surface area contributed by atoms with Crippen molar-refractivity contribution in [2.24, 2.45) is 0 Å². The Morgan fingerprint density at radius 2 is 1.71 bits per heavy atom. The molecule has 21 heavy (non-hydrogen) atoms. The average molecular weight is 283 g/mol. The first-order valence-electron chi connectivity index (χ1n) is 7.79. The van der Waals surface area contributed by atoms with Gasteiger partial charge in [-0.3, -0.25) is 0 Å². The van der Waals surface area contributed by atoms with Gasteiger partial charge in [-0.15, -0.1) is 0 Å². The molecule has 1 saturated heterocycles. The summed E-state index contributed by atoms with van der Waals surface area (Å²) in [5, 5.41) is 3.21. The van der Waals surface area contributed by atoms with Gasteiger partial charge in [-0.1, -0.05) is 67.9 Å². The summed E-state index contributed by atoms with van der Waals surface area (Å²) < 4.78 is 5.77. The molecule has 1 aliphatic rings. The van der Waals surface area contributed by atoms with Gasteiger partial charge in [0.05, 0.1) is 12.7 Å². The van der Waals surface area contributed by atoms with E-state index in [4.69, 9.17) is 4.74 Å². The molecule has 0 aliphatic carbocycles. The second kappa shape index (κ2) is 7.96. The van der Waals surface area contributed by atoms with Gasteiger partial charge in [-0.05, 0) is 23.6 Å². The molecule has 0 radical (unpaired) electrons. The highest BCUT2D eigenvalue weighted by Crippen LogP contribution is 2.21. The zero-order chi connectivity index (χ0) is 15.1. The topological polar surface area (TPSA) is 21.3 Å². The quantitative estimate of drug-likeness (QED) is 0.909. The Morgan fingerprint density at radius 3 is 2.29 bits per heavy atom. The maximum atomic E-state index is 5.77. The molecule has 2 nitrogen and oxygen atoms in total. The summed E-state index contributed by atoms with van der Waals surface area (Å²) in [5.74, 6) is 0. The predicted octanol–water partition coefficient (Wildman–Crippen LogP) is 4.18. The Balaban J connectivity index is 0.000000774. The van der Waals surface area contributed by atoms with Crippen molar-refractivity contribution >= 4 is 0 Å². The standard InChI is InChI=1S/C17H19NO.C2H6/c1-13-3-2-4-16(9-13)15-7-5-14(6-8-15)12-19-17-10-18-11-17;1-2/h2-9,17-18H,10-12H2,1H3;1-2H3. The largest absolute Gasteiger partial charge is 0.371 e. The van der Waals surface area contributed by atoms with Crippen molar-refractivity contribution in [1.29, 1.82) is 0 Å². The van der Waals surface area contributed by atoms with Crippen LogP contribution in [0.15, 0.2) is 48.5 Å². The van der Waals surface area contributed by atoms with Crippen LogP contribution in [0.25, 0.3) is 11.1 Å². The molecule has 1 fully saturated rings. The number of hydrogen-bond donors (Lipinski definition) is 1. The highest BCUT2D eigenvalue weighted by Gasteiger charge is 2.16. The van der Waals surface area contributed by atoms with Crippen molar-refractivity contribution in [3.05, 3.63) is 59.7 Å². The Kier molecular flexibility index (Phi) is 5.97. The van der Waals surface area contributed by atoms with Crippen LogP contribution in [0.5, 0.6) is 0 Å². The van der Waals surface area contributed by atoms with E-state index >= 15 is 0 Å². The molecular formula is C19H25NO. The molecule has 0 aromatic heterocycles. The fourth-order valence-electron chi connectivity index (χ4n) is 2.21. The van der Waals surface area contributed by atoms with Crippen LogP contribution in [0.2, 0.25) is 0 Å². The Labute approximate surface area is 128 Å². The van der Waals surface area contributed by atoms with E-state index in [1.165, 1.54) is 22.3 Å². The Morgan fingerprint density at radius 1 is 1.00 bits per heavy atom. The van der Waals surface area contributed by atoms with Crippen molar-refractivity contribution in [3.8, 4) is 11.1 Å². The lowest BCUT2D eigenvalue weighted by Crippen LogP contribution is -2.48. The monoisotopic (exact) mass is 283 g/mol. The van der Waals surface area contributed by atoms with Gasteiger partial charge in [0.2, 0.25) is 0 Å². The molecule has 2 aromatic rings. The molecule has 1 heterocycles. The maximum Gasteiger partial charge on any atom is 0.0828 e. The zero-order valence-corrected chi connectivity index (χ0v) is 13.2. The molecule has 0 bridgehead atoms. The first kappa shape index (κ1) is 15.7. The minimum absolute atomic E-state index is 0.399. The van der Waals surface area contributed by atoms with Crippen molar-refractivity contribution in [1.82, 2.24) is 5.32 Å². The lowest BCUT2D eigenvalue weighted by molar-refractivity contribution is 0.00759. The fourth-order valence-corrected chi connectivity index (χ4v) is 2.21. The van der Waals surface area contributed by atoms with Crippen LogP contribution < -0.4 is 5.32 Å². The van der Waals surface area contributed by atoms with Crippen molar-refractivity contribution in [2.75, 3.05) is 13.1 Å². The highest BCUT2D eigenvalue weighted by molar-refractivity contribution is 5.64. The van der Waals surface area contributed by atoms with Gasteiger partial charge in [0.15, 0.2) is 0 Å². The lowest BCUT2D eigenvalue weighted by atomic mass is 10.0. The van der Waals surface area contributed by atoms with E-state index in [-0.39, 0.29) is 0 Å². The lowest BCUT2D eigenvalue weighted by Gasteiger charge is -2.27. The molecule has 0 saturated carbocycles. The molecule has 112 valence electrons. The number of rotatable bonds is 4. The number of aryl methyl sites for hydroxylation is 1. The molecule has 0 atom stereocenters. The van der Waals surface area contributed by atoms with E-state index < -0.39 is 0 Å².